The van der Waals surface area contributed by atoms with Crippen LogP contribution in [0.5, 0.6) is 0 Å². The van der Waals surface area contributed by atoms with Gasteiger partial charge in [0.25, 0.3) is 0 Å². The van der Waals surface area contributed by atoms with Gasteiger partial charge in [-0.05, 0) is 12.8 Å². The first-order valence-electron chi connectivity index (χ1n) is 6.28. The van der Waals surface area contributed by atoms with Crippen LogP contribution in [0.25, 0.3) is 0 Å². The van der Waals surface area contributed by atoms with E-state index in [4.69, 9.17) is 0 Å². The molecule has 2 aliphatic rings. The second-order valence-electron chi connectivity index (χ2n) is 4.58. The Morgan fingerprint density at radius 1 is 1.47 bits per heavy atom. The highest BCUT2D eigenvalue weighted by Crippen LogP contribution is 2.33. The van der Waals surface area contributed by atoms with Gasteiger partial charge in [0.2, 0.25) is 6.41 Å². The number of hydrogen-bond donors (Lipinski definition) is 3. The van der Waals surface area contributed by atoms with Crippen molar-refractivity contribution in [3.63, 3.8) is 0 Å². The third-order valence-corrected chi connectivity index (χ3v) is 4.79. The number of nitrogens with one attached hydrogen (secondary N) is 3. The van der Waals surface area contributed by atoms with Crippen LogP contribution < -0.4 is 16.1 Å². The first-order chi connectivity index (χ1) is 9.20. The number of hydrogen-bond acceptors (Lipinski definition) is 5. The molecule has 0 unspecified atom stereocenters. The number of thioether (sulfide) groups is 1. The number of carbonyl (C=O) groups is 3. The number of rotatable bonds is 7. The van der Waals surface area contributed by atoms with Gasteiger partial charge in [0, 0.05) is 17.4 Å². The summed E-state index contributed by atoms with van der Waals surface area (Å²) in [6, 6.07) is 0.370. The average molecular weight is 287 g/mol. The van der Waals surface area contributed by atoms with Crippen LogP contribution in [0.2, 0.25) is 0 Å². The highest BCUT2D eigenvalue weighted by molar-refractivity contribution is 8.00. The van der Waals surface area contributed by atoms with E-state index in [0.717, 1.165) is 25.0 Å². The van der Waals surface area contributed by atoms with Crippen molar-refractivity contribution in [1.29, 1.82) is 0 Å². The van der Waals surface area contributed by atoms with Crippen molar-refractivity contribution in [2.75, 3.05) is 5.75 Å². The topological polar surface area (TPSA) is 96.5 Å². The molecule has 2 aliphatic heterocycles. The van der Waals surface area contributed by atoms with Crippen LogP contribution in [0.1, 0.15) is 25.7 Å². The van der Waals surface area contributed by atoms with Crippen LogP contribution in [0, 0.1) is 0 Å². The number of carbonyl (C=O) groups excluding carboxylic acids is 3. The molecule has 0 aromatic heterocycles. The van der Waals surface area contributed by atoms with Gasteiger partial charge < -0.3 is 15.5 Å². The summed E-state index contributed by atoms with van der Waals surface area (Å²) in [6.07, 6.45) is 3.18. The molecule has 2 fully saturated rings. The van der Waals surface area contributed by atoms with Crippen molar-refractivity contribution >= 4 is 30.2 Å². The number of urea groups is 1. The zero-order valence-electron chi connectivity index (χ0n) is 10.4. The minimum Gasteiger partial charge on any atom is -0.341 e. The van der Waals surface area contributed by atoms with Gasteiger partial charge in [0.1, 0.15) is 0 Å². The second-order valence-corrected chi connectivity index (χ2v) is 5.85. The molecule has 0 aromatic carbocycles. The van der Waals surface area contributed by atoms with Gasteiger partial charge in [-0.15, -0.1) is 0 Å². The maximum absolute atomic E-state index is 11.2. The second kappa shape index (κ2) is 6.65. The summed E-state index contributed by atoms with van der Waals surface area (Å²) in [5.41, 5.74) is 1.88. The SMILES string of the molecule is O=CNOC(=O)CCCC[C@@H]1SC[C@@H]2NC(=O)N[C@@H]21. The Hall–Kier alpha value is -1.44. The first kappa shape index (κ1) is 14.0. The van der Waals surface area contributed by atoms with Gasteiger partial charge in [-0.3, -0.25) is 4.79 Å². The fourth-order valence-electron chi connectivity index (χ4n) is 2.40. The molecular weight excluding hydrogens is 270 g/mol. The molecule has 0 saturated carbocycles. The Labute approximate surface area is 115 Å². The summed E-state index contributed by atoms with van der Waals surface area (Å²) in [4.78, 5) is 36.6. The van der Waals surface area contributed by atoms with Gasteiger partial charge in [0.15, 0.2) is 0 Å². The standard InChI is InChI=1S/C11H17N3O4S/c15-6-12-18-9(16)4-2-1-3-8-10-7(5-19-8)13-11(17)14-10/h6-8,10H,1-5H2,(H,12,15)(H2,13,14,17)/t7-,8-,10-/m0/s1. The predicted octanol–water partition coefficient (Wildman–Crippen LogP) is -0.0836. The van der Waals surface area contributed by atoms with E-state index in [9.17, 15) is 14.4 Å². The predicted molar refractivity (Wildman–Crippen MR) is 69.2 cm³/mol. The lowest BCUT2D eigenvalue weighted by Crippen LogP contribution is -2.36. The monoisotopic (exact) mass is 287 g/mol. The Bertz CT molecular complexity index is 366. The molecule has 3 amide bonds. The van der Waals surface area contributed by atoms with Crippen LogP contribution in [-0.2, 0) is 14.4 Å². The Morgan fingerprint density at radius 3 is 3.11 bits per heavy atom. The summed E-state index contributed by atoms with van der Waals surface area (Å²) < 4.78 is 0. The molecule has 106 valence electrons. The Kier molecular flexibility index (Phi) is 4.89. The van der Waals surface area contributed by atoms with E-state index in [1.165, 1.54) is 0 Å². The molecule has 0 spiro atoms. The Balaban J connectivity index is 1.60. The molecule has 0 aromatic rings. The smallest absolute Gasteiger partial charge is 0.332 e. The van der Waals surface area contributed by atoms with Gasteiger partial charge in [-0.25, -0.2) is 9.59 Å². The van der Waals surface area contributed by atoms with E-state index < -0.39 is 5.97 Å². The van der Waals surface area contributed by atoms with Gasteiger partial charge in [-0.2, -0.15) is 17.2 Å². The molecule has 2 saturated heterocycles. The van der Waals surface area contributed by atoms with E-state index in [0.29, 0.717) is 11.7 Å². The zero-order chi connectivity index (χ0) is 13.7. The number of amides is 3. The zero-order valence-corrected chi connectivity index (χ0v) is 11.2. The fourth-order valence-corrected chi connectivity index (χ4v) is 3.94. The van der Waals surface area contributed by atoms with E-state index in [-0.39, 0.29) is 24.5 Å². The average Bonchev–Trinajstić information content (AvgIpc) is 2.92. The summed E-state index contributed by atoms with van der Waals surface area (Å²) in [5.74, 6) is 0.513. The summed E-state index contributed by atoms with van der Waals surface area (Å²) in [5, 5.41) is 6.23. The lowest BCUT2D eigenvalue weighted by atomic mass is 10.0. The van der Waals surface area contributed by atoms with Gasteiger partial charge in [-0.1, -0.05) is 6.42 Å². The number of fused-ring (bicyclic) bond motifs is 1. The molecule has 19 heavy (non-hydrogen) atoms. The largest absolute Gasteiger partial charge is 0.341 e. The van der Waals surface area contributed by atoms with Crippen molar-refractivity contribution in [3.05, 3.63) is 0 Å². The molecule has 0 radical (unpaired) electrons. The molecule has 0 aliphatic carbocycles. The summed E-state index contributed by atoms with van der Waals surface area (Å²) in [6.45, 7) is 0. The summed E-state index contributed by atoms with van der Waals surface area (Å²) >= 11 is 1.86. The molecule has 3 N–H and O–H groups in total. The third kappa shape index (κ3) is 3.76. The van der Waals surface area contributed by atoms with Crippen molar-refractivity contribution < 1.29 is 19.2 Å². The lowest BCUT2D eigenvalue weighted by molar-refractivity contribution is -0.154. The summed E-state index contributed by atoms with van der Waals surface area (Å²) in [7, 11) is 0. The van der Waals surface area contributed by atoms with Crippen molar-refractivity contribution in [2.24, 2.45) is 0 Å². The normalized spacial score (nSPS) is 28.2. The van der Waals surface area contributed by atoms with Crippen LogP contribution in [0.3, 0.4) is 0 Å². The lowest BCUT2D eigenvalue weighted by Gasteiger charge is -2.16. The van der Waals surface area contributed by atoms with Crippen LogP contribution >= 0.6 is 11.8 Å². The van der Waals surface area contributed by atoms with Crippen molar-refractivity contribution in [3.8, 4) is 0 Å². The minimum absolute atomic E-state index is 0.0798. The quantitative estimate of drug-likeness (QED) is 0.263. The van der Waals surface area contributed by atoms with Crippen molar-refractivity contribution in [1.82, 2.24) is 16.1 Å². The first-order valence-corrected chi connectivity index (χ1v) is 7.33. The maximum atomic E-state index is 11.2. The highest BCUT2D eigenvalue weighted by Gasteiger charge is 2.42. The van der Waals surface area contributed by atoms with Crippen molar-refractivity contribution in [2.45, 2.75) is 43.0 Å². The van der Waals surface area contributed by atoms with E-state index in [2.05, 4.69) is 15.5 Å². The highest BCUT2D eigenvalue weighted by atomic mass is 32.2. The molecule has 2 rings (SSSR count). The minimum atomic E-state index is -0.431. The molecule has 2 heterocycles. The molecule has 8 heteroatoms. The molecule has 0 bridgehead atoms. The van der Waals surface area contributed by atoms with E-state index >= 15 is 0 Å². The molecule has 7 nitrogen and oxygen atoms in total. The Morgan fingerprint density at radius 2 is 2.32 bits per heavy atom. The number of hydroxylamine groups is 1. The number of unbranched alkanes of at least 4 members (excludes halogenated alkanes) is 1. The van der Waals surface area contributed by atoms with E-state index in [1.807, 2.05) is 17.2 Å². The van der Waals surface area contributed by atoms with Crippen LogP contribution in [0.15, 0.2) is 0 Å². The van der Waals surface area contributed by atoms with E-state index in [1.54, 1.807) is 0 Å². The van der Waals surface area contributed by atoms with Gasteiger partial charge >= 0.3 is 12.0 Å². The molecule has 3 atom stereocenters. The maximum Gasteiger partial charge on any atom is 0.332 e. The van der Waals surface area contributed by atoms with Crippen LogP contribution in [-0.4, -0.2) is 41.5 Å². The van der Waals surface area contributed by atoms with Gasteiger partial charge in [0.05, 0.1) is 12.1 Å². The van der Waals surface area contributed by atoms with Crippen LogP contribution in [0.4, 0.5) is 4.79 Å². The molecular formula is C11H17N3O4S. The third-order valence-electron chi connectivity index (χ3n) is 3.28. The fraction of sp³-hybridized carbons (Fsp3) is 0.727.